The second kappa shape index (κ2) is 12.0. The zero-order valence-corrected chi connectivity index (χ0v) is 23.2. The van der Waals surface area contributed by atoms with Crippen molar-refractivity contribution in [3.05, 3.63) is 140 Å². The molecule has 1 amide bonds. The highest BCUT2D eigenvalue weighted by Gasteiger charge is 2.49. The number of aliphatic carboxylic acids is 1. The van der Waals surface area contributed by atoms with E-state index in [0.717, 1.165) is 0 Å². The molecule has 4 atom stereocenters. The molecule has 204 valence electrons. The molecule has 0 aliphatic carbocycles. The molecule has 0 aromatic heterocycles. The Morgan fingerprint density at radius 3 is 2.02 bits per heavy atom. The molecule has 1 heterocycles. The van der Waals surface area contributed by atoms with Gasteiger partial charge in [0.05, 0.1) is 6.04 Å². The molecule has 9 heteroatoms. The number of ether oxygens (including phenoxy) is 1. The summed E-state index contributed by atoms with van der Waals surface area (Å²) in [5.74, 6) is -2.16. The first-order valence-corrected chi connectivity index (χ1v) is 13.6. The predicted octanol–water partition coefficient (Wildman–Crippen LogP) is 7.86. The van der Waals surface area contributed by atoms with E-state index in [1.807, 2.05) is 0 Å². The Morgan fingerprint density at radius 2 is 1.45 bits per heavy atom. The lowest BCUT2D eigenvalue weighted by Gasteiger charge is -2.47. The molecular weight excluding hydrogens is 576 g/mol. The molecule has 1 aliphatic rings. The molecule has 4 aromatic rings. The molecule has 0 saturated carbocycles. The van der Waals surface area contributed by atoms with E-state index < -0.39 is 42.0 Å². The minimum Gasteiger partial charge on any atom is -0.479 e. The van der Waals surface area contributed by atoms with Gasteiger partial charge in [-0.3, -0.25) is 4.79 Å². The van der Waals surface area contributed by atoms with Gasteiger partial charge in [0.2, 0.25) is 0 Å². The van der Waals surface area contributed by atoms with Gasteiger partial charge in [0.15, 0.2) is 6.04 Å². The Hall–Kier alpha value is -3.42. The topological polar surface area (TPSA) is 66.8 Å². The number of carbonyl (C=O) groups excluding carboxylic acids is 1. The molecule has 40 heavy (non-hydrogen) atoms. The van der Waals surface area contributed by atoms with Crippen LogP contribution in [0, 0.1) is 5.82 Å². The van der Waals surface area contributed by atoms with Crippen molar-refractivity contribution in [2.45, 2.75) is 30.7 Å². The Morgan fingerprint density at radius 1 is 0.850 bits per heavy atom. The van der Waals surface area contributed by atoms with E-state index in [0.29, 0.717) is 37.3 Å². The number of morpholine rings is 1. The summed E-state index contributed by atoms with van der Waals surface area (Å²) in [7, 11) is 0. The molecule has 0 radical (unpaired) electrons. The van der Waals surface area contributed by atoms with E-state index in [2.05, 4.69) is 0 Å². The van der Waals surface area contributed by atoms with E-state index in [-0.39, 0.29) is 6.42 Å². The van der Waals surface area contributed by atoms with Crippen LogP contribution in [0.15, 0.2) is 97.1 Å². The monoisotopic (exact) mass is 597 g/mol. The zero-order chi connectivity index (χ0) is 28.4. The maximum atomic E-state index is 14.3. The van der Waals surface area contributed by atoms with E-state index in [1.165, 1.54) is 23.1 Å². The number of rotatable bonds is 7. The van der Waals surface area contributed by atoms with Crippen LogP contribution >= 0.6 is 34.8 Å². The number of carboxylic acids is 1. The van der Waals surface area contributed by atoms with Crippen LogP contribution < -0.4 is 0 Å². The fourth-order valence-corrected chi connectivity index (χ4v) is 5.47. The summed E-state index contributed by atoms with van der Waals surface area (Å²) < 4.78 is 20.1. The van der Waals surface area contributed by atoms with Crippen molar-refractivity contribution in [2.24, 2.45) is 0 Å². The van der Waals surface area contributed by atoms with Crippen molar-refractivity contribution < 1.29 is 23.8 Å². The summed E-state index contributed by atoms with van der Waals surface area (Å²) >= 11 is 18.6. The van der Waals surface area contributed by atoms with Crippen LogP contribution in [-0.4, -0.2) is 28.0 Å². The van der Waals surface area contributed by atoms with Crippen LogP contribution in [0.2, 0.25) is 15.1 Å². The van der Waals surface area contributed by atoms with Gasteiger partial charge in [-0.05, 0) is 70.8 Å². The number of carboxylic acid groups (broad SMARTS) is 1. The number of nitrogens with zero attached hydrogens (tertiary/aromatic N) is 1. The van der Waals surface area contributed by atoms with Gasteiger partial charge in [0, 0.05) is 21.5 Å². The second-order valence-electron chi connectivity index (χ2n) is 9.47. The first kappa shape index (κ1) is 28.1. The lowest BCUT2D eigenvalue weighted by molar-refractivity contribution is -0.184. The van der Waals surface area contributed by atoms with Gasteiger partial charge in [0.25, 0.3) is 5.91 Å². The summed E-state index contributed by atoms with van der Waals surface area (Å²) in [5.41, 5.74) is 2.33. The summed E-state index contributed by atoms with van der Waals surface area (Å²) in [4.78, 5) is 28.5. The third-order valence-electron chi connectivity index (χ3n) is 6.85. The molecule has 5 nitrogen and oxygen atoms in total. The van der Waals surface area contributed by atoms with Gasteiger partial charge in [-0.2, -0.15) is 0 Å². The van der Waals surface area contributed by atoms with E-state index in [1.54, 1.807) is 78.9 Å². The second-order valence-corrected chi connectivity index (χ2v) is 10.8. The number of hydrogen-bond donors (Lipinski definition) is 1. The van der Waals surface area contributed by atoms with Crippen LogP contribution in [0.5, 0.6) is 0 Å². The Balaban J connectivity index is 1.69. The van der Waals surface area contributed by atoms with Crippen LogP contribution in [0.25, 0.3) is 0 Å². The average molecular weight is 599 g/mol. The normalized spacial score (nSPS) is 19.9. The summed E-state index contributed by atoms with van der Waals surface area (Å²) in [6, 6.07) is 23.8. The van der Waals surface area contributed by atoms with Crippen LogP contribution in [0.4, 0.5) is 4.39 Å². The highest BCUT2D eigenvalue weighted by molar-refractivity contribution is 6.31. The molecular formula is C31H23Cl3FNO4. The van der Waals surface area contributed by atoms with Gasteiger partial charge in [-0.1, -0.05) is 83.3 Å². The molecule has 1 aliphatic heterocycles. The maximum absolute atomic E-state index is 14.3. The van der Waals surface area contributed by atoms with Crippen LogP contribution in [0.3, 0.4) is 0 Å². The maximum Gasteiger partial charge on any atom is 0.331 e. The third-order valence-corrected chi connectivity index (χ3v) is 7.59. The molecule has 1 N–H and O–H groups in total. The van der Waals surface area contributed by atoms with E-state index in [4.69, 9.17) is 39.5 Å². The molecule has 1 saturated heterocycles. The van der Waals surface area contributed by atoms with Gasteiger partial charge < -0.3 is 14.7 Å². The number of carbonyl (C=O) groups is 2. The number of halogens is 4. The summed E-state index contributed by atoms with van der Waals surface area (Å²) in [5, 5.41) is 11.9. The highest BCUT2D eigenvalue weighted by atomic mass is 35.5. The predicted molar refractivity (Wildman–Crippen MR) is 152 cm³/mol. The fraction of sp³-hybridized carbons (Fsp3) is 0.161. The quantitative estimate of drug-likeness (QED) is 0.235. The van der Waals surface area contributed by atoms with Crippen molar-refractivity contribution >= 4 is 46.7 Å². The fourth-order valence-electron chi connectivity index (χ4n) is 5.02. The smallest absolute Gasteiger partial charge is 0.331 e. The first-order chi connectivity index (χ1) is 19.2. The Labute approximate surface area is 245 Å². The minimum absolute atomic E-state index is 0.106. The SMILES string of the molecule is O=C(O)[C@@H](c1cccc(Cl)c1)N1C(=O)[C@@H](Cc2ccc(F)cc2)O[C@H](c2ccc(Cl)cc2)[C@@H]1c1ccc(Cl)cc1. The largest absolute Gasteiger partial charge is 0.479 e. The first-order valence-electron chi connectivity index (χ1n) is 12.4. The molecule has 4 aromatic carbocycles. The van der Waals surface area contributed by atoms with Gasteiger partial charge in [0.1, 0.15) is 18.0 Å². The van der Waals surface area contributed by atoms with E-state index in [9.17, 15) is 19.1 Å². The Bertz CT molecular complexity index is 1510. The van der Waals surface area contributed by atoms with E-state index >= 15 is 0 Å². The Kier molecular flexibility index (Phi) is 8.43. The molecule has 0 unspecified atom stereocenters. The van der Waals surface area contributed by atoms with Crippen molar-refractivity contribution in [1.82, 2.24) is 4.90 Å². The zero-order valence-electron chi connectivity index (χ0n) is 20.9. The average Bonchev–Trinajstić information content (AvgIpc) is 2.93. The van der Waals surface area contributed by atoms with Crippen molar-refractivity contribution in [2.75, 3.05) is 0 Å². The van der Waals surface area contributed by atoms with Crippen LogP contribution in [0.1, 0.15) is 40.4 Å². The van der Waals surface area contributed by atoms with Gasteiger partial charge in [-0.15, -0.1) is 0 Å². The van der Waals surface area contributed by atoms with Gasteiger partial charge >= 0.3 is 5.97 Å². The summed E-state index contributed by atoms with van der Waals surface area (Å²) in [6.07, 6.45) is -1.73. The van der Waals surface area contributed by atoms with Crippen molar-refractivity contribution in [1.29, 1.82) is 0 Å². The molecule has 0 bridgehead atoms. The standard InChI is InChI=1S/C31H23Cl3FNO4/c32-22-10-6-19(7-11-22)27-29(20-8-12-23(33)13-9-20)40-26(16-18-4-14-25(35)15-5-18)30(37)36(27)28(31(38)39)21-2-1-3-24(34)17-21/h1-15,17,26-29H,16H2,(H,38,39)/t26-,27+,28-,29-/m1/s1. The molecule has 5 rings (SSSR count). The third kappa shape index (κ3) is 6.01. The number of benzene rings is 4. The number of hydrogen-bond acceptors (Lipinski definition) is 3. The molecule has 1 fully saturated rings. The van der Waals surface area contributed by atoms with Crippen molar-refractivity contribution in [3.8, 4) is 0 Å². The molecule has 0 spiro atoms. The van der Waals surface area contributed by atoms with Crippen molar-refractivity contribution in [3.63, 3.8) is 0 Å². The minimum atomic E-state index is -1.39. The highest BCUT2D eigenvalue weighted by Crippen LogP contribution is 2.47. The summed E-state index contributed by atoms with van der Waals surface area (Å²) in [6.45, 7) is 0. The lowest BCUT2D eigenvalue weighted by Crippen LogP contribution is -2.54. The van der Waals surface area contributed by atoms with Gasteiger partial charge in [-0.25, -0.2) is 9.18 Å². The van der Waals surface area contributed by atoms with Crippen LogP contribution in [-0.2, 0) is 20.7 Å². The lowest BCUT2D eigenvalue weighted by atomic mass is 9.88. The number of amides is 1.